The summed E-state index contributed by atoms with van der Waals surface area (Å²) in [6.07, 6.45) is 63.9. The highest BCUT2D eigenvalue weighted by molar-refractivity contribution is 5.71. The highest BCUT2D eigenvalue weighted by Crippen LogP contribution is 2.13. The average Bonchev–Trinajstić information content (AvgIpc) is 3.26. The number of esters is 3. The molecule has 0 aliphatic heterocycles. The van der Waals surface area contributed by atoms with Gasteiger partial charge < -0.3 is 14.2 Å². The number of ether oxygens (including phenoxy) is 3. The second kappa shape index (κ2) is 49.0. The van der Waals surface area contributed by atoms with Gasteiger partial charge in [0.15, 0.2) is 6.10 Å². The van der Waals surface area contributed by atoms with Gasteiger partial charge in [0.05, 0.1) is 0 Å². The van der Waals surface area contributed by atoms with Gasteiger partial charge in [0.25, 0.3) is 0 Å². The molecule has 1 unspecified atom stereocenters. The van der Waals surface area contributed by atoms with Crippen molar-refractivity contribution in [3.8, 4) is 0 Å². The van der Waals surface area contributed by atoms with Gasteiger partial charge in [-0.2, -0.15) is 0 Å². The molecule has 0 N–H and O–H groups in total. The first-order valence-electron chi connectivity index (χ1n) is 24.7. The molecule has 0 saturated heterocycles. The first kappa shape index (κ1) is 57.3. The van der Waals surface area contributed by atoms with Crippen molar-refractivity contribution in [2.45, 2.75) is 219 Å². The molecule has 0 radical (unpaired) electrons. The molecule has 0 aromatic heterocycles. The highest BCUT2D eigenvalue weighted by atomic mass is 16.6. The number of unbranched alkanes of at least 4 members (excludes halogenated alkanes) is 16. The summed E-state index contributed by atoms with van der Waals surface area (Å²) in [4.78, 5) is 37.9. The lowest BCUT2D eigenvalue weighted by atomic mass is 10.1. The van der Waals surface area contributed by atoms with Gasteiger partial charge in [-0.1, -0.05) is 176 Å². The third-order valence-corrected chi connectivity index (χ3v) is 10.1. The van der Waals surface area contributed by atoms with Gasteiger partial charge in [-0.25, -0.2) is 0 Å². The van der Waals surface area contributed by atoms with Crippen molar-refractivity contribution >= 4 is 17.9 Å². The molecule has 6 heteroatoms. The Kier molecular flexibility index (Phi) is 46.0. The van der Waals surface area contributed by atoms with E-state index >= 15 is 0 Å². The van der Waals surface area contributed by atoms with Crippen LogP contribution in [-0.2, 0) is 28.6 Å². The van der Waals surface area contributed by atoms with Gasteiger partial charge in [0.1, 0.15) is 13.2 Å². The normalized spacial score (nSPS) is 12.9. The maximum absolute atomic E-state index is 12.8. The van der Waals surface area contributed by atoms with E-state index < -0.39 is 6.10 Å². The van der Waals surface area contributed by atoms with Crippen LogP contribution in [0.15, 0.2) is 97.2 Å². The van der Waals surface area contributed by atoms with Crippen LogP contribution in [0.5, 0.6) is 0 Å². The summed E-state index contributed by atoms with van der Waals surface area (Å²) in [6, 6.07) is 0. The number of carbonyl (C=O) groups is 3. The number of rotatable bonds is 43. The quantitative estimate of drug-likeness (QED) is 0.0263. The molecule has 0 aliphatic rings. The molecule has 61 heavy (non-hydrogen) atoms. The van der Waals surface area contributed by atoms with E-state index in [9.17, 15) is 14.4 Å². The lowest BCUT2D eigenvalue weighted by Crippen LogP contribution is -2.30. The summed E-state index contributed by atoms with van der Waals surface area (Å²) >= 11 is 0. The van der Waals surface area contributed by atoms with E-state index in [-0.39, 0.29) is 37.5 Å². The zero-order valence-corrected chi connectivity index (χ0v) is 39.4. The minimum Gasteiger partial charge on any atom is -0.462 e. The van der Waals surface area contributed by atoms with E-state index in [4.69, 9.17) is 14.2 Å². The van der Waals surface area contributed by atoms with Crippen molar-refractivity contribution in [2.24, 2.45) is 0 Å². The summed E-state index contributed by atoms with van der Waals surface area (Å²) in [6.45, 7) is 6.31. The van der Waals surface area contributed by atoms with E-state index in [1.54, 1.807) is 0 Å². The fourth-order valence-corrected chi connectivity index (χ4v) is 6.38. The Morgan fingerprint density at radius 1 is 0.344 bits per heavy atom. The van der Waals surface area contributed by atoms with Crippen LogP contribution >= 0.6 is 0 Å². The largest absolute Gasteiger partial charge is 0.462 e. The molecule has 0 rings (SSSR count). The Balaban J connectivity index is 4.47. The molecular formula is C55H90O6. The second-order valence-corrected chi connectivity index (χ2v) is 16.0. The van der Waals surface area contributed by atoms with Gasteiger partial charge in [0, 0.05) is 19.3 Å². The molecule has 0 bridgehead atoms. The Morgan fingerprint density at radius 3 is 1.03 bits per heavy atom. The fraction of sp³-hybridized carbons (Fsp3) is 0.655. The van der Waals surface area contributed by atoms with Crippen LogP contribution in [0, 0.1) is 0 Å². The molecule has 346 valence electrons. The number of hydrogen-bond donors (Lipinski definition) is 0. The van der Waals surface area contributed by atoms with Gasteiger partial charge in [-0.15, -0.1) is 0 Å². The molecule has 0 saturated carbocycles. The van der Waals surface area contributed by atoms with Crippen LogP contribution in [0.1, 0.15) is 213 Å². The van der Waals surface area contributed by atoms with Gasteiger partial charge in [0.2, 0.25) is 0 Å². The predicted molar refractivity (Wildman–Crippen MR) is 260 cm³/mol. The van der Waals surface area contributed by atoms with Crippen LogP contribution in [0.4, 0.5) is 0 Å². The average molecular weight is 847 g/mol. The molecule has 0 heterocycles. The topological polar surface area (TPSA) is 78.9 Å². The number of carbonyl (C=O) groups excluding carboxylic acids is 3. The molecule has 0 aliphatic carbocycles. The van der Waals surface area contributed by atoms with E-state index in [1.165, 1.54) is 51.4 Å². The summed E-state index contributed by atoms with van der Waals surface area (Å²) in [5.74, 6) is -0.981. The smallest absolute Gasteiger partial charge is 0.306 e. The Morgan fingerprint density at radius 2 is 0.639 bits per heavy atom. The predicted octanol–water partition coefficient (Wildman–Crippen LogP) is 16.2. The first-order chi connectivity index (χ1) is 30.0. The molecular weight excluding hydrogens is 757 g/mol. The zero-order chi connectivity index (χ0) is 44.4. The number of allylic oxidation sites excluding steroid dienone is 16. The van der Waals surface area contributed by atoms with E-state index in [0.717, 1.165) is 122 Å². The minimum atomic E-state index is -0.808. The van der Waals surface area contributed by atoms with Crippen molar-refractivity contribution in [3.63, 3.8) is 0 Å². The van der Waals surface area contributed by atoms with Gasteiger partial charge in [-0.3, -0.25) is 14.4 Å². The van der Waals surface area contributed by atoms with Crippen molar-refractivity contribution in [3.05, 3.63) is 97.2 Å². The molecule has 6 nitrogen and oxygen atoms in total. The van der Waals surface area contributed by atoms with Crippen molar-refractivity contribution in [2.75, 3.05) is 13.2 Å². The van der Waals surface area contributed by atoms with Crippen LogP contribution in [0.2, 0.25) is 0 Å². The van der Waals surface area contributed by atoms with Crippen LogP contribution in [0.25, 0.3) is 0 Å². The second-order valence-electron chi connectivity index (χ2n) is 16.0. The lowest BCUT2D eigenvalue weighted by Gasteiger charge is -2.18. The van der Waals surface area contributed by atoms with Crippen LogP contribution < -0.4 is 0 Å². The zero-order valence-electron chi connectivity index (χ0n) is 39.4. The Bertz CT molecular complexity index is 1250. The van der Waals surface area contributed by atoms with Crippen molar-refractivity contribution in [1.29, 1.82) is 0 Å². The number of hydrogen-bond acceptors (Lipinski definition) is 6. The maximum atomic E-state index is 12.8. The Labute approximate surface area is 375 Å². The van der Waals surface area contributed by atoms with Crippen molar-refractivity contribution in [1.82, 2.24) is 0 Å². The lowest BCUT2D eigenvalue weighted by molar-refractivity contribution is -0.167. The van der Waals surface area contributed by atoms with Crippen LogP contribution in [-0.4, -0.2) is 37.2 Å². The monoisotopic (exact) mass is 847 g/mol. The summed E-state index contributed by atoms with van der Waals surface area (Å²) in [5.41, 5.74) is 0. The van der Waals surface area contributed by atoms with Crippen molar-refractivity contribution < 1.29 is 28.6 Å². The van der Waals surface area contributed by atoms with E-state index in [2.05, 4.69) is 118 Å². The molecule has 0 fully saturated rings. The molecule has 0 spiro atoms. The fourth-order valence-electron chi connectivity index (χ4n) is 6.38. The molecule has 0 aromatic rings. The summed E-state index contributed by atoms with van der Waals surface area (Å²) in [5, 5.41) is 0. The minimum absolute atomic E-state index is 0.105. The maximum Gasteiger partial charge on any atom is 0.306 e. The van der Waals surface area contributed by atoms with Gasteiger partial charge in [-0.05, 0) is 116 Å². The van der Waals surface area contributed by atoms with E-state index in [1.807, 2.05) is 0 Å². The highest BCUT2D eigenvalue weighted by Gasteiger charge is 2.19. The van der Waals surface area contributed by atoms with Gasteiger partial charge >= 0.3 is 17.9 Å². The summed E-state index contributed by atoms with van der Waals surface area (Å²) in [7, 11) is 0. The standard InChI is InChI=1S/C55H90O6/c1-4-7-10-13-16-19-22-25-27-28-29-31-33-36-39-42-45-48-54(57)60-51-52(50-59-53(56)47-44-41-38-35-32-24-21-18-15-12-9-6-3)61-55(58)49-46-43-40-37-34-30-26-23-20-17-14-11-8-5-2/h8-9,11-12,16-21,25-27,30,32,35,52H,4-7,10,13-15,22-24,28-29,31,33-34,36-51H2,1-3H3/b11-8-,12-9-,19-16-,20-17-,21-18-,27-25-,30-26-,35-32-. The third-order valence-electron chi connectivity index (χ3n) is 10.1. The first-order valence-corrected chi connectivity index (χ1v) is 24.7. The SMILES string of the molecule is CC/C=C\C/C=C\C/C=C\CCCCCCC(=O)OC(COC(=O)CCCC/C=C\C/C=C\C/C=C\CC)COC(=O)CCCCCCCCC/C=C\C/C=C\CCCCC. The Hall–Kier alpha value is -3.67. The molecule has 1 atom stereocenters. The van der Waals surface area contributed by atoms with E-state index in [0.29, 0.717) is 12.8 Å². The third kappa shape index (κ3) is 47.2. The van der Waals surface area contributed by atoms with Crippen LogP contribution in [0.3, 0.4) is 0 Å². The summed E-state index contributed by atoms with van der Waals surface area (Å²) < 4.78 is 16.7. The molecule has 0 aromatic carbocycles. The molecule has 0 amide bonds.